The molecule has 4 nitrogen and oxygen atoms in total. The Morgan fingerprint density at radius 2 is 1.75 bits per heavy atom. The molecule has 0 saturated heterocycles. The summed E-state index contributed by atoms with van der Waals surface area (Å²) in [5.41, 5.74) is 2.47. The molecule has 0 aromatic heterocycles. The summed E-state index contributed by atoms with van der Waals surface area (Å²) in [5, 5.41) is 13.3. The lowest BCUT2D eigenvalue weighted by molar-refractivity contribution is -0.445. The maximum Gasteiger partial charge on any atom is 0.194 e. The molecular formula is C11H18N2O2S. The number of nitrogens with zero attached hydrogens (tertiary/aromatic N) is 1. The van der Waals surface area contributed by atoms with E-state index in [-0.39, 0.29) is 0 Å². The second-order valence-corrected chi connectivity index (χ2v) is 3.10. The Kier molecular flexibility index (Phi) is 12.3. The molecule has 0 aliphatic rings. The zero-order valence-corrected chi connectivity index (χ0v) is 10.7. The van der Waals surface area contributed by atoms with E-state index in [1.54, 1.807) is 0 Å². The molecule has 1 rings (SSSR count). The third-order valence-electron chi connectivity index (χ3n) is 1.34. The van der Waals surface area contributed by atoms with Crippen molar-refractivity contribution >= 4 is 18.3 Å². The number of anilines is 1. The highest BCUT2D eigenvalue weighted by molar-refractivity contribution is 7.83. The number of hydrogen-bond acceptors (Lipinski definition) is 4. The van der Waals surface area contributed by atoms with Crippen molar-refractivity contribution < 1.29 is 4.92 Å². The Morgan fingerprint density at radius 3 is 2.00 bits per heavy atom. The van der Waals surface area contributed by atoms with Crippen LogP contribution < -0.4 is 5.32 Å². The van der Waals surface area contributed by atoms with Crippen molar-refractivity contribution in [3.8, 4) is 0 Å². The molecule has 0 bridgehead atoms. The maximum atomic E-state index is 8.81. The molecule has 0 radical (unpaired) electrons. The van der Waals surface area contributed by atoms with Gasteiger partial charge in [0.25, 0.3) is 0 Å². The summed E-state index contributed by atoms with van der Waals surface area (Å²) in [4.78, 5) is 8.31. The van der Waals surface area contributed by atoms with Gasteiger partial charge >= 0.3 is 0 Å². The highest BCUT2D eigenvalue weighted by Crippen LogP contribution is 2.06. The minimum Gasteiger partial charge on any atom is -0.388 e. The third kappa shape index (κ3) is 15.0. The van der Waals surface area contributed by atoms with Crippen LogP contribution in [0.3, 0.4) is 0 Å². The van der Waals surface area contributed by atoms with Crippen LogP contribution in [-0.2, 0) is 0 Å². The zero-order valence-electron chi connectivity index (χ0n) is 9.80. The fraction of sp³-hybridized carbons (Fsp3) is 0.273. The van der Waals surface area contributed by atoms with Gasteiger partial charge in [-0.25, -0.2) is 0 Å². The monoisotopic (exact) mass is 242 g/mol. The average Bonchev–Trinajstić information content (AvgIpc) is 2.19. The predicted octanol–water partition coefficient (Wildman–Crippen LogP) is 2.99. The van der Waals surface area contributed by atoms with Crippen molar-refractivity contribution in [3.63, 3.8) is 0 Å². The Labute approximate surface area is 102 Å². The number of nitro groups is 1. The van der Waals surface area contributed by atoms with E-state index < -0.39 is 4.92 Å². The van der Waals surface area contributed by atoms with Crippen LogP contribution in [0.15, 0.2) is 36.3 Å². The molecule has 16 heavy (non-hydrogen) atoms. The maximum absolute atomic E-state index is 8.81. The fourth-order valence-electron chi connectivity index (χ4n) is 0.720. The Balaban J connectivity index is 0. The largest absolute Gasteiger partial charge is 0.388 e. The van der Waals surface area contributed by atoms with Crippen molar-refractivity contribution in [2.75, 3.05) is 19.4 Å². The number of aryl methyl sites for hydroxylation is 1. The quantitative estimate of drug-likeness (QED) is 0.452. The Bertz CT molecular complexity index is 295. The lowest BCUT2D eigenvalue weighted by Crippen LogP contribution is -1.85. The van der Waals surface area contributed by atoms with E-state index in [0.717, 1.165) is 7.05 Å². The predicted molar refractivity (Wildman–Crippen MR) is 72.8 cm³/mol. The summed E-state index contributed by atoms with van der Waals surface area (Å²) in [5.74, 6) is 0. The van der Waals surface area contributed by atoms with Gasteiger partial charge in [0.1, 0.15) is 0 Å². The van der Waals surface area contributed by atoms with E-state index >= 15 is 0 Å². The van der Waals surface area contributed by atoms with E-state index in [2.05, 4.69) is 55.7 Å². The SMILES string of the molecule is C=CS.CNc1ccc(C)cc1.C[N+](=O)[O-]. The number of thiol groups is 1. The van der Waals surface area contributed by atoms with Crippen LogP contribution in [0.1, 0.15) is 5.56 Å². The van der Waals surface area contributed by atoms with Crippen LogP contribution in [0.25, 0.3) is 0 Å². The van der Waals surface area contributed by atoms with Crippen molar-refractivity contribution in [2.45, 2.75) is 6.92 Å². The normalized spacial score (nSPS) is 7.50. The Hall–Kier alpha value is -1.49. The molecule has 0 saturated carbocycles. The first-order chi connectivity index (χ1) is 7.47. The first-order valence-corrected chi connectivity index (χ1v) is 5.07. The summed E-state index contributed by atoms with van der Waals surface area (Å²) in [6.45, 7) is 5.31. The van der Waals surface area contributed by atoms with Crippen molar-refractivity contribution in [2.24, 2.45) is 0 Å². The van der Waals surface area contributed by atoms with Gasteiger partial charge < -0.3 is 5.32 Å². The molecule has 0 heterocycles. The smallest absolute Gasteiger partial charge is 0.194 e. The van der Waals surface area contributed by atoms with Gasteiger partial charge in [-0.2, -0.15) is 12.6 Å². The zero-order chi connectivity index (χ0) is 13.0. The standard InChI is InChI=1S/C8H11N.C2H4S.CH3NO2/c1-7-3-5-8(9-2)6-4-7;1-2-3;1-2(3)4/h3-6,9H,1-2H3;2-3H,1H2;1H3. The number of nitrogens with one attached hydrogen (secondary N) is 1. The second kappa shape index (κ2) is 11.6. The first kappa shape index (κ1) is 16.9. The topological polar surface area (TPSA) is 55.2 Å². The molecule has 0 amide bonds. The van der Waals surface area contributed by atoms with Gasteiger partial charge in [-0.15, -0.1) is 0 Å². The van der Waals surface area contributed by atoms with Gasteiger partial charge in [0.15, 0.2) is 7.05 Å². The number of hydrogen-bond donors (Lipinski definition) is 2. The van der Waals surface area contributed by atoms with Gasteiger partial charge in [0.2, 0.25) is 0 Å². The fourth-order valence-corrected chi connectivity index (χ4v) is 0.720. The van der Waals surface area contributed by atoms with E-state index in [9.17, 15) is 0 Å². The Morgan fingerprint density at radius 1 is 1.44 bits per heavy atom. The van der Waals surface area contributed by atoms with E-state index in [4.69, 9.17) is 10.1 Å². The highest BCUT2D eigenvalue weighted by atomic mass is 32.1. The van der Waals surface area contributed by atoms with Crippen molar-refractivity contribution in [1.29, 1.82) is 0 Å². The summed E-state index contributed by atoms with van der Waals surface area (Å²) < 4.78 is 0. The molecule has 5 heteroatoms. The summed E-state index contributed by atoms with van der Waals surface area (Å²) in [6, 6.07) is 8.31. The van der Waals surface area contributed by atoms with Gasteiger partial charge in [-0.3, -0.25) is 10.1 Å². The van der Waals surface area contributed by atoms with Crippen molar-refractivity contribution in [1.82, 2.24) is 0 Å². The second-order valence-electron chi connectivity index (χ2n) is 2.74. The van der Waals surface area contributed by atoms with Crippen LogP contribution in [0.2, 0.25) is 0 Å². The van der Waals surface area contributed by atoms with E-state index in [1.807, 2.05) is 7.05 Å². The molecule has 1 N–H and O–H groups in total. The average molecular weight is 242 g/mol. The van der Waals surface area contributed by atoms with Crippen molar-refractivity contribution in [3.05, 3.63) is 51.9 Å². The number of rotatable bonds is 1. The molecular weight excluding hydrogens is 224 g/mol. The summed E-state index contributed by atoms with van der Waals surface area (Å²) in [6.07, 6.45) is 0. The molecule has 0 unspecified atom stereocenters. The molecule has 1 aromatic carbocycles. The molecule has 0 aliphatic carbocycles. The molecule has 0 spiro atoms. The van der Waals surface area contributed by atoms with E-state index in [0.29, 0.717) is 0 Å². The molecule has 0 fully saturated rings. The molecule has 0 aliphatic heterocycles. The van der Waals surface area contributed by atoms with Gasteiger partial charge in [-0.1, -0.05) is 24.3 Å². The van der Waals surface area contributed by atoms with Gasteiger partial charge in [0, 0.05) is 17.7 Å². The van der Waals surface area contributed by atoms with Crippen LogP contribution in [-0.4, -0.2) is 19.0 Å². The molecule has 1 aromatic rings. The lowest BCUT2D eigenvalue weighted by atomic mass is 10.2. The minimum atomic E-state index is -0.500. The highest BCUT2D eigenvalue weighted by Gasteiger charge is 1.83. The van der Waals surface area contributed by atoms with Gasteiger partial charge in [0.05, 0.1) is 0 Å². The lowest BCUT2D eigenvalue weighted by Gasteiger charge is -1.97. The van der Waals surface area contributed by atoms with Crippen LogP contribution in [0.5, 0.6) is 0 Å². The first-order valence-electron chi connectivity index (χ1n) is 4.55. The van der Waals surface area contributed by atoms with Crippen LogP contribution in [0, 0.1) is 17.0 Å². The summed E-state index contributed by atoms with van der Waals surface area (Å²) in [7, 11) is 2.81. The minimum absolute atomic E-state index is 0.500. The molecule has 0 atom stereocenters. The third-order valence-corrected chi connectivity index (χ3v) is 1.34. The van der Waals surface area contributed by atoms with Gasteiger partial charge in [-0.05, 0) is 24.5 Å². The molecule has 90 valence electrons. The van der Waals surface area contributed by atoms with Crippen LogP contribution >= 0.6 is 12.6 Å². The van der Waals surface area contributed by atoms with Crippen LogP contribution in [0.4, 0.5) is 5.69 Å². The summed E-state index contributed by atoms with van der Waals surface area (Å²) >= 11 is 3.55. The van der Waals surface area contributed by atoms with E-state index in [1.165, 1.54) is 16.7 Å². The number of benzene rings is 1.